The highest BCUT2D eigenvalue weighted by molar-refractivity contribution is 6.62. The van der Waals surface area contributed by atoms with Crippen molar-refractivity contribution < 1.29 is 13.7 Å². The summed E-state index contributed by atoms with van der Waals surface area (Å²) in [5, 5.41) is 3.44. The normalized spacial score (nSPS) is 17.1. The lowest BCUT2D eigenvalue weighted by atomic mass is 9.78. The van der Waals surface area contributed by atoms with E-state index in [0.717, 1.165) is 27.4 Å². The Morgan fingerprint density at radius 2 is 1.26 bits per heavy atom. The Morgan fingerprint density at radius 1 is 0.647 bits per heavy atom. The second-order valence-electron chi connectivity index (χ2n) is 10.0. The Hall–Kier alpha value is -3.41. The van der Waals surface area contributed by atoms with E-state index in [2.05, 4.69) is 64.1 Å². The van der Waals surface area contributed by atoms with Crippen molar-refractivity contribution in [2.75, 3.05) is 0 Å². The van der Waals surface area contributed by atoms with E-state index >= 15 is 0 Å². The zero-order valence-electron chi connectivity index (χ0n) is 19.7. The molecule has 1 aromatic heterocycles. The van der Waals surface area contributed by atoms with Crippen molar-refractivity contribution in [2.45, 2.75) is 38.9 Å². The molecule has 0 N–H and O–H groups in total. The molecule has 1 saturated heterocycles. The Kier molecular flexibility index (Phi) is 4.54. The van der Waals surface area contributed by atoms with Gasteiger partial charge in [0.1, 0.15) is 11.2 Å². The molecular formula is C29H25BO4. The predicted molar refractivity (Wildman–Crippen MR) is 139 cm³/mol. The third-order valence-electron chi connectivity index (χ3n) is 7.30. The van der Waals surface area contributed by atoms with Crippen LogP contribution in [0.25, 0.3) is 43.8 Å². The quantitative estimate of drug-likeness (QED) is 0.243. The summed E-state index contributed by atoms with van der Waals surface area (Å²) in [7, 11) is -0.382. The molecular weight excluding hydrogens is 423 g/mol. The fourth-order valence-electron chi connectivity index (χ4n) is 4.55. The first-order valence-corrected chi connectivity index (χ1v) is 11.6. The number of para-hydroxylation sites is 1. The van der Waals surface area contributed by atoms with Crippen LogP contribution < -0.4 is 10.9 Å². The first-order chi connectivity index (χ1) is 16.2. The molecule has 0 bridgehead atoms. The zero-order chi connectivity index (χ0) is 23.7. The van der Waals surface area contributed by atoms with Crippen LogP contribution in [-0.4, -0.2) is 18.3 Å². The van der Waals surface area contributed by atoms with Crippen LogP contribution in [0.4, 0.5) is 0 Å². The van der Waals surface area contributed by atoms with Crippen LogP contribution in [0, 0.1) is 0 Å². The fraction of sp³-hybridized carbons (Fsp3) is 0.207. The highest BCUT2D eigenvalue weighted by Crippen LogP contribution is 2.37. The van der Waals surface area contributed by atoms with Crippen molar-refractivity contribution in [3.05, 3.63) is 89.1 Å². The van der Waals surface area contributed by atoms with Gasteiger partial charge in [-0.15, -0.1) is 0 Å². The zero-order valence-corrected chi connectivity index (χ0v) is 19.7. The largest absolute Gasteiger partial charge is 0.494 e. The third kappa shape index (κ3) is 3.27. The Bertz CT molecular complexity index is 1630. The monoisotopic (exact) mass is 448 g/mol. The second-order valence-corrected chi connectivity index (χ2v) is 10.0. The molecule has 34 heavy (non-hydrogen) atoms. The molecule has 6 rings (SSSR count). The van der Waals surface area contributed by atoms with Crippen molar-refractivity contribution in [1.82, 2.24) is 0 Å². The molecule has 4 nitrogen and oxygen atoms in total. The first-order valence-electron chi connectivity index (χ1n) is 11.6. The molecule has 1 aliphatic heterocycles. The van der Waals surface area contributed by atoms with E-state index in [1.165, 1.54) is 0 Å². The lowest BCUT2D eigenvalue weighted by molar-refractivity contribution is 0.00578. The van der Waals surface area contributed by atoms with E-state index in [1.54, 1.807) is 6.07 Å². The molecule has 168 valence electrons. The summed E-state index contributed by atoms with van der Waals surface area (Å²) in [6.07, 6.45) is 0. The molecule has 0 radical (unpaired) electrons. The number of rotatable bonds is 2. The van der Waals surface area contributed by atoms with Crippen LogP contribution in [-0.2, 0) is 9.31 Å². The molecule has 0 spiro atoms. The molecule has 4 aromatic carbocycles. The topological polar surface area (TPSA) is 48.7 Å². The molecule has 0 unspecified atom stereocenters. The molecule has 5 aromatic rings. The lowest BCUT2D eigenvalue weighted by Gasteiger charge is -2.32. The van der Waals surface area contributed by atoms with Crippen molar-refractivity contribution in [3.8, 4) is 11.1 Å². The molecule has 2 heterocycles. The average Bonchev–Trinajstić information content (AvgIpc) is 3.05. The number of benzene rings is 4. The summed E-state index contributed by atoms with van der Waals surface area (Å²) >= 11 is 0. The van der Waals surface area contributed by atoms with Gasteiger partial charge in [0.2, 0.25) is 5.43 Å². The fourth-order valence-corrected chi connectivity index (χ4v) is 4.55. The third-order valence-corrected chi connectivity index (χ3v) is 7.30. The van der Waals surface area contributed by atoms with Gasteiger partial charge in [-0.2, -0.15) is 0 Å². The summed E-state index contributed by atoms with van der Waals surface area (Å²) in [5.74, 6) is 0. The molecule has 1 fully saturated rings. The van der Waals surface area contributed by atoms with E-state index in [-0.39, 0.29) is 23.7 Å². The van der Waals surface area contributed by atoms with Gasteiger partial charge in [0.25, 0.3) is 0 Å². The van der Waals surface area contributed by atoms with Crippen LogP contribution in [0.1, 0.15) is 27.7 Å². The summed E-state index contributed by atoms with van der Waals surface area (Å²) in [6, 6.07) is 25.8. The van der Waals surface area contributed by atoms with Gasteiger partial charge in [0.15, 0.2) is 0 Å². The maximum Gasteiger partial charge on any atom is 0.494 e. The van der Waals surface area contributed by atoms with Gasteiger partial charge in [-0.05, 0) is 85.4 Å². The van der Waals surface area contributed by atoms with E-state index in [1.807, 2.05) is 36.4 Å². The Balaban J connectivity index is 1.38. The minimum Gasteiger partial charge on any atom is -0.456 e. The van der Waals surface area contributed by atoms with Gasteiger partial charge in [-0.3, -0.25) is 4.79 Å². The maximum absolute atomic E-state index is 12.9. The molecule has 0 saturated carbocycles. The van der Waals surface area contributed by atoms with Gasteiger partial charge in [0.05, 0.1) is 22.0 Å². The van der Waals surface area contributed by atoms with Crippen molar-refractivity contribution in [2.24, 2.45) is 0 Å². The average molecular weight is 448 g/mol. The van der Waals surface area contributed by atoms with Crippen LogP contribution in [0.3, 0.4) is 0 Å². The van der Waals surface area contributed by atoms with Gasteiger partial charge < -0.3 is 13.7 Å². The molecule has 0 aliphatic carbocycles. The Labute approximate surface area is 198 Å². The lowest BCUT2D eigenvalue weighted by Crippen LogP contribution is -2.41. The molecule has 0 amide bonds. The second kappa shape index (κ2) is 7.30. The van der Waals surface area contributed by atoms with E-state index in [0.29, 0.717) is 21.9 Å². The minimum atomic E-state index is -0.382. The van der Waals surface area contributed by atoms with Crippen LogP contribution in [0.15, 0.2) is 88.1 Å². The van der Waals surface area contributed by atoms with E-state index < -0.39 is 0 Å². The van der Waals surface area contributed by atoms with E-state index in [9.17, 15) is 4.79 Å². The highest BCUT2D eigenvalue weighted by Gasteiger charge is 2.51. The SMILES string of the molecule is CC1(C)OB(c2ccc3cc(-c4ccc5c(=O)c6ccccc6oc5c4)ccc3c2)OC1(C)C. The van der Waals surface area contributed by atoms with Gasteiger partial charge >= 0.3 is 7.12 Å². The Morgan fingerprint density at radius 3 is 2.06 bits per heavy atom. The highest BCUT2D eigenvalue weighted by atomic mass is 16.7. The summed E-state index contributed by atoms with van der Waals surface area (Å²) in [4.78, 5) is 12.9. The molecule has 0 atom stereocenters. The summed E-state index contributed by atoms with van der Waals surface area (Å²) < 4.78 is 18.5. The van der Waals surface area contributed by atoms with Gasteiger partial charge in [-0.25, -0.2) is 0 Å². The molecule has 1 aliphatic rings. The van der Waals surface area contributed by atoms with Gasteiger partial charge in [0, 0.05) is 0 Å². The number of hydrogen-bond donors (Lipinski definition) is 0. The molecule has 5 heteroatoms. The van der Waals surface area contributed by atoms with Crippen LogP contribution >= 0.6 is 0 Å². The van der Waals surface area contributed by atoms with E-state index in [4.69, 9.17) is 13.7 Å². The summed E-state index contributed by atoms with van der Waals surface area (Å²) in [6.45, 7) is 8.26. The van der Waals surface area contributed by atoms with Crippen LogP contribution in [0.2, 0.25) is 0 Å². The van der Waals surface area contributed by atoms with Gasteiger partial charge in [-0.1, -0.05) is 48.5 Å². The van der Waals surface area contributed by atoms with Crippen LogP contribution in [0.5, 0.6) is 0 Å². The smallest absolute Gasteiger partial charge is 0.456 e. The van der Waals surface area contributed by atoms with Crippen molar-refractivity contribution >= 4 is 45.3 Å². The van der Waals surface area contributed by atoms with Crippen molar-refractivity contribution in [1.29, 1.82) is 0 Å². The standard InChI is InChI=1S/C29H25BO4/c1-28(2)29(3,4)34-30(33-28)22-13-11-19-15-18(9-10-20(19)16-22)21-12-14-24-26(17-21)32-25-8-6-5-7-23(25)27(24)31/h5-17H,1-4H3. The first kappa shape index (κ1) is 21.1. The predicted octanol–water partition coefficient (Wildman–Crippen LogP) is 6.07. The number of fused-ring (bicyclic) bond motifs is 3. The minimum absolute atomic E-state index is 0.00264. The number of hydrogen-bond acceptors (Lipinski definition) is 4. The summed E-state index contributed by atoms with van der Waals surface area (Å²) in [5.41, 5.74) is 3.54. The maximum atomic E-state index is 12.9. The van der Waals surface area contributed by atoms with Crippen molar-refractivity contribution in [3.63, 3.8) is 0 Å².